The van der Waals surface area contributed by atoms with Gasteiger partial charge in [0, 0.05) is 26.3 Å². The quantitative estimate of drug-likeness (QED) is 0.887. The van der Waals surface area contributed by atoms with Gasteiger partial charge < -0.3 is 10.2 Å². The van der Waals surface area contributed by atoms with Gasteiger partial charge in [-0.1, -0.05) is 13.8 Å². The molecular weight excluding hydrogens is 222 g/mol. The highest BCUT2D eigenvalue weighted by Crippen LogP contribution is 2.32. The van der Waals surface area contributed by atoms with Crippen LogP contribution in [0.1, 0.15) is 33.1 Å². The number of aromatic nitrogens is 1. The standard InChI is InChI=1S/C15H25N3/c1-11-7-12(2)9-13(8-11)17-14-10-16-6-5-15(14)18(3)4/h5-6,10-13,17H,7-9H2,1-4H3. The smallest absolute Gasteiger partial charge is 0.0766 e. The summed E-state index contributed by atoms with van der Waals surface area (Å²) in [4.78, 5) is 6.38. The largest absolute Gasteiger partial charge is 0.379 e. The summed E-state index contributed by atoms with van der Waals surface area (Å²) in [7, 11) is 4.15. The van der Waals surface area contributed by atoms with Crippen molar-refractivity contribution in [1.29, 1.82) is 0 Å². The van der Waals surface area contributed by atoms with Crippen LogP contribution in [0.5, 0.6) is 0 Å². The molecule has 0 aromatic carbocycles. The molecule has 0 amide bonds. The van der Waals surface area contributed by atoms with Crippen molar-refractivity contribution in [2.75, 3.05) is 24.3 Å². The van der Waals surface area contributed by atoms with Crippen molar-refractivity contribution in [3.63, 3.8) is 0 Å². The lowest BCUT2D eigenvalue weighted by Crippen LogP contribution is -2.30. The molecule has 1 aliphatic carbocycles. The van der Waals surface area contributed by atoms with Crippen LogP contribution in [-0.2, 0) is 0 Å². The Morgan fingerprint density at radius 2 is 1.83 bits per heavy atom. The van der Waals surface area contributed by atoms with Crippen molar-refractivity contribution in [2.45, 2.75) is 39.2 Å². The molecule has 1 aromatic rings. The highest BCUT2D eigenvalue weighted by Gasteiger charge is 2.24. The fraction of sp³-hybridized carbons (Fsp3) is 0.667. The Kier molecular flexibility index (Phi) is 4.10. The first-order valence-electron chi connectivity index (χ1n) is 6.94. The number of anilines is 2. The van der Waals surface area contributed by atoms with Crippen molar-refractivity contribution in [1.82, 2.24) is 4.98 Å². The molecule has 2 rings (SSSR count). The van der Waals surface area contributed by atoms with E-state index in [-0.39, 0.29) is 0 Å². The van der Waals surface area contributed by atoms with Gasteiger partial charge in [-0.3, -0.25) is 4.98 Å². The van der Waals surface area contributed by atoms with E-state index in [0.29, 0.717) is 6.04 Å². The fourth-order valence-corrected chi connectivity index (χ4v) is 3.17. The third-order valence-corrected chi connectivity index (χ3v) is 3.82. The molecule has 0 spiro atoms. The van der Waals surface area contributed by atoms with Gasteiger partial charge in [0.15, 0.2) is 0 Å². The van der Waals surface area contributed by atoms with E-state index >= 15 is 0 Å². The molecule has 3 nitrogen and oxygen atoms in total. The zero-order valence-electron chi connectivity index (χ0n) is 12.0. The van der Waals surface area contributed by atoms with E-state index in [2.05, 4.69) is 49.2 Å². The molecule has 2 unspecified atom stereocenters. The Hall–Kier alpha value is -1.25. The maximum Gasteiger partial charge on any atom is 0.0766 e. The average Bonchev–Trinajstić information content (AvgIpc) is 2.27. The molecule has 1 aliphatic rings. The zero-order valence-corrected chi connectivity index (χ0v) is 12.0. The molecular formula is C15H25N3. The molecule has 100 valence electrons. The summed E-state index contributed by atoms with van der Waals surface area (Å²) in [6.45, 7) is 4.72. The van der Waals surface area contributed by atoms with Gasteiger partial charge in [-0.05, 0) is 37.2 Å². The molecule has 1 fully saturated rings. The number of rotatable bonds is 3. The third kappa shape index (κ3) is 3.15. The lowest BCUT2D eigenvalue weighted by atomic mass is 9.80. The minimum atomic E-state index is 0.589. The summed E-state index contributed by atoms with van der Waals surface area (Å²) in [5, 5.41) is 3.69. The molecule has 1 saturated carbocycles. The Bertz CT molecular complexity index is 379. The molecule has 0 aliphatic heterocycles. The average molecular weight is 247 g/mol. The van der Waals surface area contributed by atoms with E-state index in [1.807, 2.05) is 12.4 Å². The molecule has 18 heavy (non-hydrogen) atoms. The van der Waals surface area contributed by atoms with Gasteiger partial charge >= 0.3 is 0 Å². The van der Waals surface area contributed by atoms with E-state index in [1.165, 1.54) is 24.9 Å². The van der Waals surface area contributed by atoms with Crippen molar-refractivity contribution in [2.24, 2.45) is 11.8 Å². The second-order valence-electron chi connectivity index (χ2n) is 6.05. The van der Waals surface area contributed by atoms with Crippen LogP contribution in [0, 0.1) is 11.8 Å². The zero-order chi connectivity index (χ0) is 13.1. The Morgan fingerprint density at radius 1 is 1.17 bits per heavy atom. The maximum absolute atomic E-state index is 4.24. The fourth-order valence-electron chi connectivity index (χ4n) is 3.17. The van der Waals surface area contributed by atoms with Crippen LogP contribution < -0.4 is 10.2 Å². The SMILES string of the molecule is CC1CC(C)CC(Nc2cnccc2N(C)C)C1. The lowest BCUT2D eigenvalue weighted by Gasteiger charge is -2.33. The first-order valence-corrected chi connectivity index (χ1v) is 6.94. The van der Waals surface area contributed by atoms with E-state index in [4.69, 9.17) is 0 Å². The summed E-state index contributed by atoms with van der Waals surface area (Å²) in [6, 6.07) is 2.66. The molecule has 3 heteroatoms. The van der Waals surface area contributed by atoms with Crippen molar-refractivity contribution >= 4 is 11.4 Å². The van der Waals surface area contributed by atoms with Crippen molar-refractivity contribution < 1.29 is 0 Å². The van der Waals surface area contributed by atoms with Gasteiger partial charge in [0.05, 0.1) is 17.6 Å². The predicted octanol–water partition coefficient (Wildman–Crippen LogP) is 3.38. The van der Waals surface area contributed by atoms with Gasteiger partial charge in [0.25, 0.3) is 0 Å². The van der Waals surface area contributed by atoms with Crippen LogP contribution in [-0.4, -0.2) is 25.1 Å². The van der Waals surface area contributed by atoms with Crippen LogP contribution >= 0.6 is 0 Å². The first-order chi connectivity index (χ1) is 8.56. The van der Waals surface area contributed by atoms with Gasteiger partial charge in [0.2, 0.25) is 0 Å². The van der Waals surface area contributed by atoms with E-state index in [0.717, 1.165) is 17.5 Å². The summed E-state index contributed by atoms with van der Waals surface area (Å²) in [5.74, 6) is 1.65. The van der Waals surface area contributed by atoms with Gasteiger partial charge in [-0.2, -0.15) is 0 Å². The molecule has 1 N–H and O–H groups in total. The minimum Gasteiger partial charge on any atom is -0.379 e. The second kappa shape index (κ2) is 5.59. The number of nitrogens with zero attached hydrogens (tertiary/aromatic N) is 2. The van der Waals surface area contributed by atoms with Crippen LogP contribution in [0.3, 0.4) is 0 Å². The molecule has 2 atom stereocenters. The summed E-state index contributed by atoms with van der Waals surface area (Å²) < 4.78 is 0. The molecule has 0 bridgehead atoms. The molecule has 1 heterocycles. The number of hydrogen-bond acceptors (Lipinski definition) is 3. The van der Waals surface area contributed by atoms with Crippen molar-refractivity contribution in [3.8, 4) is 0 Å². The highest BCUT2D eigenvalue weighted by atomic mass is 15.1. The van der Waals surface area contributed by atoms with E-state index in [1.54, 1.807) is 0 Å². The van der Waals surface area contributed by atoms with Gasteiger partial charge in [-0.25, -0.2) is 0 Å². The molecule has 1 aromatic heterocycles. The van der Waals surface area contributed by atoms with Crippen LogP contribution in [0.15, 0.2) is 18.5 Å². The topological polar surface area (TPSA) is 28.2 Å². The summed E-state index contributed by atoms with van der Waals surface area (Å²) in [6.07, 6.45) is 7.70. The Labute approximate surface area is 111 Å². The first kappa shape index (κ1) is 13.2. The van der Waals surface area contributed by atoms with Crippen LogP contribution in [0.25, 0.3) is 0 Å². The summed E-state index contributed by atoms with van der Waals surface area (Å²) in [5.41, 5.74) is 2.38. The van der Waals surface area contributed by atoms with Gasteiger partial charge in [0.1, 0.15) is 0 Å². The summed E-state index contributed by atoms with van der Waals surface area (Å²) >= 11 is 0. The highest BCUT2D eigenvalue weighted by molar-refractivity contribution is 5.68. The maximum atomic E-state index is 4.24. The third-order valence-electron chi connectivity index (χ3n) is 3.82. The second-order valence-corrected chi connectivity index (χ2v) is 6.05. The number of hydrogen-bond donors (Lipinski definition) is 1. The monoisotopic (exact) mass is 247 g/mol. The van der Waals surface area contributed by atoms with Crippen LogP contribution in [0.2, 0.25) is 0 Å². The van der Waals surface area contributed by atoms with Crippen LogP contribution in [0.4, 0.5) is 11.4 Å². The van der Waals surface area contributed by atoms with Crippen molar-refractivity contribution in [3.05, 3.63) is 18.5 Å². The van der Waals surface area contributed by atoms with E-state index in [9.17, 15) is 0 Å². The predicted molar refractivity (Wildman–Crippen MR) is 78.2 cm³/mol. The lowest BCUT2D eigenvalue weighted by molar-refractivity contribution is 0.281. The minimum absolute atomic E-state index is 0.589. The molecule has 0 radical (unpaired) electrons. The number of pyridine rings is 1. The normalized spacial score (nSPS) is 27.9. The Morgan fingerprint density at radius 3 is 2.44 bits per heavy atom. The van der Waals surface area contributed by atoms with E-state index < -0.39 is 0 Å². The van der Waals surface area contributed by atoms with Gasteiger partial charge in [-0.15, -0.1) is 0 Å². The molecule has 0 saturated heterocycles. The number of nitrogens with one attached hydrogen (secondary N) is 1. The Balaban J connectivity index is 2.09.